The average Bonchev–Trinajstić information content (AvgIpc) is 2.67. The van der Waals surface area contributed by atoms with Crippen molar-refractivity contribution in [3.63, 3.8) is 0 Å². The monoisotopic (exact) mass is 249 g/mol. The Morgan fingerprint density at radius 1 is 1.35 bits per heavy atom. The van der Waals surface area contributed by atoms with Gasteiger partial charge < -0.3 is 0 Å². The van der Waals surface area contributed by atoms with Crippen molar-refractivity contribution in [1.29, 1.82) is 0 Å². The summed E-state index contributed by atoms with van der Waals surface area (Å²) in [5.74, 6) is 0.0820. The van der Waals surface area contributed by atoms with E-state index in [-0.39, 0.29) is 5.78 Å². The molecule has 0 amide bonds. The van der Waals surface area contributed by atoms with Gasteiger partial charge in [-0.15, -0.1) is 5.10 Å². The van der Waals surface area contributed by atoms with E-state index in [4.69, 9.17) is 11.6 Å². The van der Waals surface area contributed by atoms with Crippen LogP contribution in [0.4, 0.5) is 0 Å². The minimum atomic E-state index is 0.0820. The molecule has 0 unspecified atom stereocenters. The molecule has 1 heterocycles. The number of nitrogens with zero attached hydrogens (tertiary/aromatic N) is 3. The van der Waals surface area contributed by atoms with Gasteiger partial charge >= 0.3 is 0 Å². The van der Waals surface area contributed by atoms with Crippen LogP contribution in [0, 0.1) is 0 Å². The lowest BCUT2D eigenvalue weighted by molar-refractivity contribution is -0.117. The van der Waals surface area contributed by atoms with Crippen molar-refractivity contribution in [3.05, 3.63) is 46.7 Å². The summed E-state index contributed by atoms with van der Waals surface area (Å²) in [5.41, 5.74) is 1.53. The normalized spacial score (nSPS) is 10.5. The highest BCUT2D eigenvalue weighted by Gasteiger charge is 2.09. The molecule has 0 aliphatic heterocycles. The lowest BCUT2D eigenvalue weighted by Crippen LogP contribution is -2.07. The first-order valence-corrected chi connectivity index (χ1v) is 5.63. The van der Waals surface area contributed by atoms with Gasteiger partial charge in [0.05, 0.1) is 12.1 Å². The third-order valence-electron chi connectivity index (χ3n) is 2.37. The standard InChI is InChI=1S/C12H12ClN3O/c1-16-8-10(14-15-16)7-11(17)6-9-4-2-3-5-12(9)13/h2-5,8H,6-7H2,1H3. The first kappa shape index (κ1) is 11.8. The summed E-state index contributed by atoms with van der Waals surface area (Å²) < 4.78 is 1.58. The third kappa shape index (κ3) is 3.14. The van der Waals surface area contributed by atoms with Gasteiger partial charge in [0, 0.05) is 24.7 Å². The molecule has 0 atom stereocenters. The van der Waals surface area contributed by atoms with Crippen molar-refractivity contribution in [2.24, 2.45) is 7.05 Å². The van der Waals surface area contributed by atoms with Crippen molar-refractivity contribution >= 4 is 17.4 Å². The third-order valence-corrected chi connectivity index (χ3v) is 2.74. The molecule has 0 radical (unpaired) electrons. The van der Waals surface area contributed by atoms with Crippen LogP contribution in [-0.4, -0.2) is 20.8 Å². The molecule has 1 aromatic carbocycles. The smallest absolute Gasteiger partial charge is 0.143 e. The minimum Gasteiger partial charge on any atom is -0.299 e. The first-order chi connectivity index (χ1) is 8.15. The molecule has 0 saturated carbocycles. The van der Waals surface area contributed by atoms with E-state index in [9.17, 15) is 4.79 Å². The maximum absolute atomic E-state index is 11.8. The minimum absolute atomic E-state index is 0.0820. The fraction of sp³-hybridized carbons (Fsp3) is 0.250. The fourth-order valence-corrected chi connectivity index (χ4v) is 1.80. The number of rotatable bonds is 4. The number of aromatic nitrogens is 3. The van der Waals surface area contributed by atoms with Crippen molar-refractivity contribution in [2.75, 3.05) is 0 Å². The Morgan fingerprint density at radius 2 is 2.12 bits per heavy atom. The SMILES string of the molecule is Cn1cc(CC(=O)Cc2ccccc2Cl)nn1. The molecule has 2 rings (SSSR count). The first-order valence-electron chi connectivity index (χ1n) is 5.25. The summed E-state index contributed by atoms with van der Waals surface area (Å²) in [6.07, 6.45) is 2.36. The lowest BCUT2D eigenvalue weighted by atomic mass is 10.1. The number of halogens is 1. The Hall–Kier alpha value is -1.68. The quantitative estimate of drug-likeness (QED) is 0.831. The topological polar surface area (TPSA) is 47.8 Å². The molecule has 88 valence electrons. The molecule has 0 saturated heterocycles. The van der Waals surface area contributed by atoms with Gasteiger partial charge in [0.25, 0.3) is 0 Å². The highest BCUT2D eigenvalue weighted by Crippen LogP contribution is 2.16. The van der Waals surface area contributed by atoms with E-state index < -0.39 is 0 Å². The van der Waals surface area contributed by atoms with Gasteiger partial charge in [0.2, 0.25) is 0 Å². The molecule has 1 aromatic heterocycles. The van der Waals surface area contributed by atoms with Crippen LogP contribution in [-0.2, 0) is 24.7 Å². The number of carbonyl (C=O) groups excluding carboxylic acids is 1. The summed E-state index contributed by atoms with van der Waals surface area (Å²) >= 11 is 5.99. The predicted molar refractivity (Wildman–Crippen MR) is 64.9 cm³/mol. The number of hydrogen-bond acceptors (Lipinski definition) is 3. The van der Waals surface area contributed by atoms with Gasteiger partial charge in [0.15, 0.2) is 0 Å². The van der Waals surface area contributed by atoms with Gasteiger partial charge in [-0.1, -0.05) is 35.0 Å². The molecular formula is C12H12ClN3O. The van der Waals surface area contributed by atoms with E-state index in [0.29, 0.717) is 23.6 Å². The highest BCUT2D eigenvalue weighted by atomic mass is 35.5. The molecule has 17 heavy (non-hydrogen) atoms. The Labute approximate surface area is 104 Å². The fourth-order valence-electron chi connectivity index (χ4n) is 1.59. The Balaban J connectivity index is 2.01. The maximum Gasteiger partial charge on any atom is 0.143 e. The van der Waals surface area contributed by atoms with Crippen molar-refractivity contribution in [1.82, 2.24) is 15.0 Å². The largest absolute Gasteiger partial charge is 0.299 e. The second-order valence-corrected chi connectivity index (χ2v) is 4.27. The number of aryl methyl sites for hydroxylation is 1. The molecule has 0 fully saturated rings. The van der Waals surface area contributed by atoms with E-state index in [1.807, 2.05) is 18.2 Å². The van der Waals surface area contributed by atoms with Crippen molar-refractivity contribution in [3.8, 4) is 0 Å². The van der Waals surface area contributed by atoms with Crippen LogP contribution in [0.5, 0.6) is 0 Å². The van der Waals surface area contributed by atoms with Gasteiger partial charge in [-0.25, -0.2) is 0 Å². The van der Waals surface area contributed by atoms with Crippen LogP contribution in [0.3, 0.4) is 0 Å². The second-order valence-electron chi connectivity index (χ2n) is 3.87. The number of carbonyl (C=O) groups is 1. The average molecular weight is 250 g/mol. The Bertz CT molecular complexity index is 536. The number of ketones is 1. The van der Waals surface area contributed by atoms with E-state index >= 15 is 0 Å². The van der Waals surface area contributed by atoms with Crippen LogP contribution >= 0.6 is 11.6 Å². The van der Waals surface area contributed by atoms with Gasteiger partial charge in [-0.05, 0) is 11.6 Å². The van der Waals surface area contributed by atoms with Crippen molar-refractivity contribution in [2.45, 2.75) is 12.8 Å². The summed E-state index contributed by atoms with van der Waals surface area (Å²) in [6.45, 7) is 0. The number of Topliss-reactive ketones (excluding diaryl/α,β-unsaturated/α-hetero) is 1. The van der Waals surface area contributed by atoms with E-state index in [1.54, 1.807) is 24.0 Å². The van der Waals surface area contributed by atoms with E-state index in [1.165, 1.54) is 0 Å². The van der Waals surface area contributed by atoms with Crippen LogP contribution in [0.2, 0.25) is 5.02 Å². The van der Waals surface area contributed by atoms with E-state index in [0.717, 1.165) is 5.56 Å². The zero-order valence-electron chi connectivity index (χ0n) is 9.43. The number of benzene rings is 1. The maximum atomic E-state index is 11.8. The van der Waals surface area contributed by atoms with Crippen LogP contribution in [0.15, 0.2) is 30.5 Å². The van der Waals surface area contributed by atoms with Crippen LogP contribution in [0.1, 0.15) is 11.3 Å². The molecule has 0 aliphatic carbocycles. The summed E-state index contributed by atoms with van der Waals surface area (Å²) in [4.78, 5) is 11.8. The molecule has 4 nitrogen and oxygen atoms in total. The summed E-state index contributed by atoms with van der Waals surface area (Å²) in [5, 5.41) is 8.29. The zero-order chi connectivity index (χ0) is 12.3. The molecular weight excluding hydrogens is 238 g/mol. The molecule has 0 aliphatic rings. The van der Waals surface area contributed by atoms with Crippen molar-refractivity contribution < 1.29 is 4.79 Å². The van der Waals surface area contributed by atoms with E-state index in [2.05, 4.69) is 10.3 Å². The highest BCUT2D eigenvalue weighted by molar-refractivity contribution is 6.31. The Kier molecular flexibility index (Phi) is 3.54. The van der Waals surface area contributed by atoms with Gasteiger partial charge in [-0.3, -0.25) is 9.48 Å². The van der Waals surface area contributed by atoms with Gasteiger partial charge in [-0.2, -0.15) is 0 Å². The molecule has 2 aromatic rings. The second kappa shape index (κ2) is 5.10. The molecule has 5 heteroatoms. The molecule has 0 N–H and O–H groups in total. The summed E-state index contributed by atoms with van der Waals surface area (Å²) in [7, 11) is 1.77. The predicted octanol–water partition coefficient (Wildman–Crippen LogP) is 1.82. The zero-order valence-corrected chi connectivity index (χ0v) is 10.2. The lowest BCUT2D eigenvalue weighted by Gasteiger charge is -2.01. The van der Waals surface area contributed by atoms with Crippen LogP contribution < -0.4 is 0 Å². The van der Waals surface area contributed by atoms with Crippen LogP contribution in [0.25, 0.3) is 0 Å². The molecule has 0 bridgehead atoms. The van der Waals surface area contributed by atoms with Gasteiger partial charge in [0.1, 0.15) is 5.78 Å². The number of hydrogen-bond donors (Lipinski definition) is 0. The Morgan fingerprint density at radius 3 is 2.76 bits per heavy atom. The molecule has 0 spiro atoms. The summed E-state index contributed by atoms with van der Waals surface area (Å²) in [6, 6.07) is 7.36.